The van der Waals surface area contributed by atoms with Crippen LogP contribution in [0.2, 0.25) is 0 Å². The van der Waals surface area contributed by atoms with Crippen molar-refractivity contribution in [2.45, 2.75) is 6.04 Å². The van der Waals surface area contributed by atoms with Gasteiger partial charge in [-0.15, -0.1) is 0 Å². The van der Waals surface area contributed by atoms with Crippen molar-refractivity contribution in [1.82, 2.24) is 4.90 Å². The lowest BCUT2D eigenvalue weighted by atomic mass is 10.1. The van der Waals surface area contributed by atoms with Crippen LogP contribution in [0.4, 0.5) is 11.4 Å². The van der Waals surface area contributed by atoms with Crippen molar-refractivity contribution >= 4 is 17.3 Å². The predicted molar refractivity (Wildman–Crippen MR) is 84.6 cm³/mol. The summed E-state index contributed by atoms with van der Waals surface area (Å²) in [4.78, 5) is 24.3. The van der Waals surface area contributed by atoms with Gasteiger partial charge in [-0.05, 0) is 11.6 Å². The van der Waals surface area contributed by atoms with Crippen molar-refractivity contribution < 1.29 is 9.72 Å². The second-order valence-corrected chi connectivity index (χ2v) is 5.03. The number of anilines is 1. The summed E-state index contributed by atoms with van der Waals surface area (Å²) in [5.41, 5.74) is 1.31. The van der Waals surface area contributed by atoms with Crippen LogP contribution in [0.5, 0.6) is 0 Å². The molecule has 2 aromatic carbocycles. The maximum absolute atomic E-state index is 12.4. The van der Waals surface area contributed by atoms with Gasteiger partial charge in [0.25, 0.3) is 5.69 Å². The highest BCUT2D eigenvalue weighted by molar-refractivity contribution is 5.85. The molecule has 22 heavy (non-hydrogen) atoms. The van der Waals surface area contributed by atoms with Gasteiger partial charge in [0.15, 0.2) is 0 Å². The SMILES string of the molecule is CN(C)C(=O)[C@@H](Nc1cccc([N+](=O)[O-])c1)c1ccccc1. The molecule has 0 aromatic heterocycles. The summed E-state index contributed by atoms with van der Waals surface area (Å²) in [5, 5.41) is 13.9. The number of nitrogens with zero attached hydrogens (tertiary/aromatic N) is 2. The molecule has 0 spiro atoms. The number of rotatable bonds is 5. The molecule has 1 N–H and O–H groups in total. The predicted octanol–water partition coefficient (Wildman–Crippen LogP) is 2.84. The lowest BCUT2D eigenvalue weighted by Gasteiger charge is -2.23. The highest BCUT2D eigenvalue weighted by atomic mass is 16.6. The molecule has 114 valence electrons. The molecule has 2 aromatic rings. The van der Waals surface area contributed by atoms with Gasteiger partial charge in [0.2, 0.25) is 5.91 Å². The van der Waals surface area contributed by atoms with Gasteiger partial charge in [0.1, 0.15) is 6.04 Å². The molecule has 0 bridgehead atoms. The zero-order valence-corrected chi connectivity index (χ0v) is 12.4. The minimum Gasteiger partial charge on any atom is -0.370 e. The molecule has 1 amide bonds. The number of carbonyl (C=O) groups is 1. The zero-order chi connectivity index (χ0) is 16.1. The van der Waals surface area contributed by atoms with Crippen LogP contribution in [-0.2, 0) is 4.79 Å². The van der Waals surface area contributed by atoms with E-state index in [2.05, 4.69) is 5.32 Å². The monoisotopic (exact) mass is 299 g/mol. The van der Waals surface area contributed by atoms with E-state index in [0.717, 1.165) is 5.56 Å². The first kappa shape index (κ1) is 15.5. The van der Waals surface area contributed by atoms with Crippen LogP contribution in [0.15, 0.2) is 54.6 Å². The van der Waals surface area contributed by atoms with Crippen molar-refractivity contribution in [3.8, 4) is 0 Å². The number of nitro benzene ring substituents is 1. The summed E-state index contributed by atoms with van der Waals surface area (Å²) in [6.45, 7) is 0. The van der Waals surface area contributed by atoms with Crippen LogP contribution in [0.3, 0.4) is 0 Å². The summed E-state index contributed by atoms with van der Waals surface area (Å²) in [5.74, 6) is -0.127. The molecule has 0 aliphatic rings. The fourth-order valence-corrected chi connectivity index (χ4v) is 2.07. The molecule has 1 atom stereocenters. The van der Waals surface area contributed by atoms with Crippen LogP contribution >= 0.6 is 0 Å². The lowest BCUT2D eigenvalue weighted by Crippen LogP contribution is -2.32. The van der Waals surface area contributed by atoms with E-state index in [1.807, 2.05) is 30.3 Å². The third-order valence-electron chi connectivity index (χ3n) is 3.19. The van der Waals surface area contributed by atoms with E-state index in [4.69, 9.17) is 0 Å². The number of nitro groups is 1. The topological polar surface area (TPSA) is 75.5 Å². The Bertz CT molecular complexity index is 671. The molecule has 0 saturated heterocycles. The Morgan fingerprint density at radius 3 is 2.41 bits per heavy atom. The number of likely N-dealkylation sites (N-methyl/N-ethyl adjacent to an activating group) is 1. The summed E-state index contributed by atoms with van der Waals surface area (Å²) < 4.78 is 0. The number of benzene rings is 2. The average molecular weight is 299 g/mol. The molecule has 0 unspecified atom stereocenters. The normalized spacial score (nSPS) is 11.5. The maximum atomic E-state index is 12.4. The lowest BCUT2D eigenvalue weighted by molar-refractivity contribution is -0.384. The van der Waals surface area contributed by atoms with E-state index in [1.54, 1.807) is 26.2 Å². The van der Waals surface area contributed by atoms with Crippen LogP contribution in [0, 0.1) is 10.1 Å². The fraction of sp³-hybridized carbons (Fsp3) is 0.188. The molecule has 0 saturated carbocycles. The molecule has 0 aliphatic heterocycles. The molecule has 0 fully saturated rings. The first-order valence-electron chi connectivity index (χ1n) is 6.76. The summed E-state index contributed by atoms with van der Waals surface area (Å²) in [7, 11) is 3.35. The molecule has 0 radical (unpaired) electrons. The highest BCUT2D eigenvalue weighted by Crippen LogP contribution is 2.24. The second kappa shape index (κ2) is 6.71. The van der Waals surface area contributed by atoms with E-state index >= 15 is 0 Å². The Hall–Kier alpha value is -2.89. The van der Waals surface area contributed by atoms with Gasteiger partial charge in [-0.3, -0.25) is 14.9 Å². The largest absolute Gasteiger partial charge is 0.370 e. The zero-order valence-electron chi connectivity index (χ0n) is 12.4. The van der Waals surface area contributed by atoms with E-state index in [0.29, 0.717) is 5.69 Å². The van der Waals surface area contributed by atoms with Gasteiger partial charge < -0.3 is 10.2 Å². The van der Waals surface area contributed by atoms with Gasteiger partial charge in [-0.25, -0.2) is 0 Å². The number of carbonyl (C=O) groups excluding carboxylic acids is 1. The number of hydrogen-bond donors (Lipinski definition) is 1. The van der Waals surface area contributed by atoms with Crippen LogP contribution < -0.4 is 5.32 Å². The average Bonchev–Trinajstić information content (AvgIpc) is 2.53. The summed E-state index contributed by atoms with van der Waals surface area (Å²) in [6, 6.07) is 14.8. The minimum atomic E-state index is -0.599. The van der Waals surface area contributed by atoms with Gasteiger partial charge in [0.05, 0.1) is 4.92 Å². The van der Waals surface area contributed by atoms with Gasteiger partial charge in [-0.1, -0.05) is 36.4 Å². The molecule has 0 heterocycles. The standard InChI is InChI=1S/C16H17N3O3/c1-18(2)16(20)15(12-7-4-3-5-8-12)17-13-9-6-10-14(11-13)19(21)22/h3-11,15,17H,1-2H3/t15-/m0/s1. The van der Waals surface area contributed by atoms with Crippen molar-refractivity contribution in [1.29, 1.82) is 0 Å². The molecule has 2 rings (SSSR count). The first-order valence-corrected chi connectivity index (χ1v) is 6.76. The smallest absolute Gasteiger partial charge is 0.271 e. The number of nitrogens with one attached hydrogen (secondary N) is 1. The summed E-state index contributed by atoms with van der Waals surface area (Å²) >= 11 is 0. The van der Waals surface area contributed by atoms with Gasteiger partial charge in [0, 0.05) is 31.9 Å². The van der Waals surface area contributed by atoms with Crippen molar-refractivity contribution in [3.05, 3.63) is 70.3 Å². The Morgan fingerprint density at radius 2 is 1.82 bits per heavy atom. The number of amides is 1. The third-order valence-corrected chi connectivity index (χ3v) is 3.19. The van der Waals surface area contributed by atoms with Crippen LogP contribution in [0.25, 0.3) is 0 Å². The fourth-order valence-electron chi connectivity index (χ4n) is 2.07. The Kier molecular flexibility index (Phi) is 4.73. The Morgan fingerprint density at radius 1 is 1.14 bits per heavy atom. The van der Waals surface area contributed by atoms with Crippen molar-refractivity contribution in [2.75, 3.05) is 19.4 Å². The van der Waals surface area contributed by atoms with Gasteiger partial charge >= 0.3 is 0 Å². The number of hydrogen-bond acceptors (Lipinski definition) is 4. The Labute approximate surface area is 128 Å². The van der Waals surface area contributed by atoms with E-state index in [-0.39, 0.29) is 11.6 Å². The minimum absolute atomic E-state index is 0.0193. The quantitative estimate of drug-likeness (QED) is 0.680. The molecule has 0 aliphatic carbocycles. The maximum Gasteiger partial charge on any atom is 0.271 e. The molecule has 6 nitrogen and oxygen atoms in total. The van der Waals surface area contributed by atoms with E-state index < -0.39 is 11.0 Å². The Balaban J connectivity index is 2.33. The van der Waals surface area contributed by atoms with Crippen LogP contribution in [-0.4, -0.2) is 29.8 Å². The van der Waals surface area contributed by atoms with E-state index in [1.165, 1.54) is 17.0 Å². The second-order valence-electron chi connectivity index (χ2n) is 5.03. The van der Waals surface area contributed by atoms with Crippen molar-refractivity contribution in [3.63, 3.8) is 0 Å². The molecular weight excluding hydrogens is 282 g/mol. The van der Waals surface area contributed by atoms with Crippen molar-refractivity contribution in [2.24, 2.45) is 0 Å². The highest BCUT2D eigenvalue weighted by Gasteiger charge is 2.22. The van der Waals surface area contributed by atoms with Crippen LogP contribution in [0.1, 0.15) is 11.6 Å². The number of non-ortho nitro benzene ring substituents is 1. The van der Waals surface area contributed by atoms with E-state index in [9.17, 15) is 14.9 Å². The van der Waals surface area contributed by atoms with Gasteiger partial charge in [-0.2, -0.15) is 0 Å². The third kappa shape index (κ3) is 3.60. The molecular formula is C16H17N3O3. The first-order chi connectivity index (χ1) is 10.5. The molecule has 6 heteroatoms. The summed E-state index contributed by atoms with van der Waals surface area (Å²) in [6.07, 6.45) is 0.